The van der Waals surface area contributed by atoms with E-state index in [1.165, 1.54) is 0 Å². The number of hydrogen-bond acceptors (Lipinski definition) is 8. The minimum atomic E-state index is -0.624. The molecule has 0 aromatic heterocycles. The summed E-state index contributed by atoms with van der Waals surface area (Å²) >= 11 is 0. The van der Waals surface area contributed by atoms with Crippen molar-refractivity contribution in [3.05, 3.63) is 58.7 Å². The molecule has 3 N–H and O–H groups in total. The molecule has 2 aromatic rings. The largest absolute Gasteiger partial charge is 0.390 e. The standard InChI is InChI=1S/C24H29N3O5/c1-2-31-15-26-20-8-7-19(25-13-16(28)14-27-9-11-32-12-10-27)21-22(20)24(30)18-6-4-3-5-17(18)23(21)29/h3-8,16,25-26,28H,2,9-15H2,1H3. The van der Waals surface area contributed by atoms with E-state index in [4.69, 9.17) is 9.47 Å². The van der Waals surface area contributed by atoms with Crippen LogP contribution in [-0.2, 0) is 9.47 Å². The number of anilines is 2. The van der Waals surface area contributed by atoms with E-state index in [-0.39, 0.29) is 24.8 Å². The third kappa shape index (κ3) is 4.68. The highest BCUT2D eigenvalue weighted by molar-refractivity contribution is 6.31. The molecule has 0 radical (unpaired) electrons. The Kier molecular flexibility index (Phi) is 7.16. The van der Waals surface area contributed by atoms with Gasteiger partial charge in [0.05, 0.1) is 30.4 Å². The number of fused-ring (bicyclic) bond motifs is 2. The first-order chi connectivity index (χ1) is 15.6. The first kappa shape index (κ1) is 22.4. The third-order valence-corrected chi connectivity index (χ3v) is 5.75. The maximum Gasteiger partial charge on any atom is 0.196 e. The second-order valence-corrected chi connectivity index (χ2v) is 7.88. The van der Waals surface area contributed by atoms with Gasteiger partial charge < -0.3 is 25.2 Å². The molecule has 0 bridgehead atoms. The fraction of sp³-hybridized carbons (Fsp3) is 0.417. The van der Waals surface area contributed by atoms with Crippen LogP contribution in [0.15, 0.2) is 36.4 Å². The van der Waals surface area contributed by atoms with E-state index in [1.807, 2.05) is 6.92 Å². The summed E-state index contributed by atoms with van der Waals surface area (Å²) in [5, 5.41) is 16.8. The number of benzene rings is 2. The number of nitrogens with one attached hydrogen (secondary N) is 2. The average Bonchev–Trinajstić information content (AvgIpc) is 2.82. The van der Waals surface area contributed by atoms with Crippen LogP contribution in [0.4, 0.5) is 11.4 Å². The Bertz CT molecular complexity index is 988. The Balaban J connectivity index is 1.59. The Morgan fingerprint density at radius 1 is 1.00 bits per heavy atom. The first-order valence-electron chi connectivity index (χ1n) is 11.0. The van der Waals surface area contributed by atoms with Crippen molar-refractivity contribution in [2.75, 3.05) is 63.4 Å². The molecule has 4 rings (SSSR count). The van der Waals surface area contributed by atoms with E-state index in [0.717, 1.165) is 13.1 Å². The van der Waals surface area contributed by atoms with Crippen LogP contribution < -0.4 is 10.6 Å². The number of nitrogens with zero attached hydrogens (tertiary/aromatic N) is 1. The number of ketones is 2. The van der Waals surface area contributed by atoms with Crippen LogP contribution in [0.25, 0.3) is 0 Å². The first-order valence-corrected chi connectivity index (χ1v) is 11.0. The molecule has 1 aliphatic heterocycles. The summed E-state index contributed by atoms with van der Waals surface area (Å²) in [6.07, 6.45) is -0.624. The lowest BCUT2D eigenvalue weighted by Gasteiger charge is -2.29. The Morgan fingerprint density at radius 2 is 1.59 bits per heavy atom. The van der Waals surface area contributed by atoms with Crippen LogP contribution in [-0.4, -0.2) is 80.4 Å². The highest BCUT2D eigenvalue weighted by Gasteiger charge is 2.34. The van der Waals surface area contributed by atoms with Gasteiger partial charge in [0.25, 0.3) is 0 Å². The van der Waals surface area contributed by atoms with Gasteiger partial charge in [0.1, 0.15) is 6.73 Å². The molecule has 0 amide bonds. The van der Waals surface area contributed by atoms with E-state index in [9.17, 15) is 14.7 Å². The molecule has 1 aliphatic carbocycles. The number of morpholine rings is 1. The summed E-state index contributed by atoms with van der Waals surface area (Å²) in [5.41, 5.74) is 2.55. The second kappa shape index (κ2) is 10.2. The highest BCUT2D eigenvalue weighted by atomic mass is 16.5. The third-order valence-electron chi connectivity index (χ3n) is 5.75. The summed E-state index contributed by atoms with van der Waals surface area (Å²) < 4.78 is 10.7. The molecule has 1 fully saturated rings. The lowest BCUT2D eigenvalue weighted by Crippen LogP contribution is -2.42. The minimum Gasteiger partial charge on any atom is -0.390 e. The van der Waals surface area contributed by atoms with E-state index < -0.39 is 6.10 Å². The van der Waals surface area contributed by atoms with Gasteiger partial charge in [0, 0.05) is 55.3 Å². The molecule has 2 aromatic carbocycles. The van der Waals surface area contributed by atoms with Crippen LogP contribution in [0, 0.1) is 0 Å². The maximum atomic E-state index is 13.4. The zero-order chi connectivity index (χ0) is 22.5. The molecular weight excluding hydrogens is 410 g/mol. The van der Waals surface area contributed by atoms with Crippen molar-refractivity contribution in [1.82, 2.24) is 4.90 Å². The number of β-amino-alcohol motifs (C(OH)–C–C–N with tert-alkyl or cyclic N) is 1. The summed E-state index contributed by atoms with van der Waals surface area (Å²) in [5.74, 6) is -0.410. The topological polar surface area (TPSA) is 100 Å². The maximum absolute atomic E-state index is 13.4. The summed E-state index contributed by atoms with van der Waals surface area (Å²) in [4.78, 5) is 28.9. The zero-order valence-corrected chi connectivity index (χ0v) is 18.2. The molecule has 1 saturated heterocycles. The number of rotatable bonds is 9. The van der Waals surface area contributed by atoms with Gasteiger partial charge in [-0.3, -0.25) is 14.5 Å². The van der Waals surface area contributed by atoms with Gasteiger partial charge in [-0.1, -0.05) is 24.3 Å². The molecule has 1 heterocycles. The fourth-order valence-corrected chi connectivity index (χ4v) is 4.12. The Hall–Kier alpha value is -2.78. The summed E-state index contributed by atoms with van der Waals surface area (Å²) in [6, 6.07) is 10.4. The molecule has 1 atom stereocenters. The van der Waals surface area contributed by atoms with E-state index in [2.05, 4.69) is 15.5 Å². The smallest absolute Gasteiger partial charge is 0.196 e. The lowest BCUT2D eigenvalue weighted by atomic mass is 9.82. The van der Waals surface area contributed by atoms with Crippen LogP contribution in [0.5, 0.6) is 0 Å². The van der Waals surface area contributed by atoms with E-state index >= 15 is 0 Å². The number of aliphatic hydroxyl groups is 1. The number of carbonyl (C=O) groups is 2. The van der Waals surface area contributed by atoms with Crippen LogP contribution in [0.3, 0.4) is 0 Å². The van der Waals surface area contributed by atoms with E-state index in [0.29, 0.717) is 60.0 Å². The molecular formula is C24H29N3O5. The number of aliphatic hydroxyl groups excluding tert-OH is 1. The van der Waals surface area contributed by atoms with Gasteiger partial charge in [-0.25, -0.2) is 0 Å². The second-order valence-electron chi connectivity index (χ2n) is 7.88. The molecule has 0 spiro atoms. The predicted octanol–water partition coefficient (Wildman–Crippen LogP) is 1.97. The number of ether oxygens (including phenoxy) is 2. The minimum absolute atomic E-state index is 0.202. The molecule has 32 heavy (non-hydrogen) atoms. The van der Waals surface area contributed by atoms with Crippen molar-refractivity contribution in [2.45, 2.75) is 13.0 Å². The zero-order valence-electron chi connectivity index (χ0n) is 18.2. The van der Waals surface area contributed by atoms with Crippen LogP contribution >= 0.6 is 0 Å². The molecule has 1 unspecified atom stereocenters. The van der Waals surface area contributed by atoms with Gasteiger partial charge >= 0.3 is 0 Å². The SMILES string of the molecule is CCOCNc1ccc(NCC(O)CN2CCOCC2)c2c1C(=O)c1ccccc1C2=O. The van der Waals surface area contributed by atoms with Gasteiger partial charge in [-0.2, -0.15) is 0 Å². The van der Waals surface area contributed by atoms with Crippen molar-refractivity contribution >= 4 is 22.9 Å². The Morgan fingerprint density at radius 3 is 2.19 bits per heavy atom. The van der Waals surface area contributed by atoms with Crippen molar-refractivity contribution in [3.63, 3.8) is 0 Å². The number of carbonyl (C=O) groups excluding carboxylic acids is 2. The van der Waals surface area contributed by atoms with E-state index in [1.54, 1.807) is 36.4 Å². The molecule has 0 saturated carbocycles. The quantitative estimate of drug-likeness (QED) is 0.344. The summed E-state index contributed by atoms with van der Waals surface area (Å²) in [6.45, 7) is 6.34. The van der Waals surface area contributed by atoms with Gasteiger partial charge in [-0.15, -0.1) is 0 Å². The van der Waals surface area contributed by atoms with Crippen molar-refractivity contribution < 1.29 is 24.2 Å². The predicted molar refractivity (Wildman–Crippen MR) is 122 cm³/mol. The molecule has 170 valence electrons. The average molecular weight is 440 g/mol. The molecule has 8 nitrogen and oxygen atoms in total. The monoisotopic (exact) mass is 439 g/mol. The van der Waals surface area contributed by atoms with Crippen molar-refractivity contribution in [3.8, 4) is 0 Å². The molecule has 8 heteroatoms. The highest BCUT2D eigenvalue weighted by Crippen LogP contribution is 2.36. The summed E-state index contributed by atoms with van der Waals surface area (Å²) in [7, 11) is 0. The van der Waals surface area contributed by atoms with Crippen molar-refractivity contribution in [2.24, 2.45) is 0 Å². The molecule has 2 aliphatic rings. The van der Waals surface area contributed by atoms with Gasteiger partial charge in [0.15, 0.2) is 11.6 Å². The number of hydrogen-bond donors (Lipinski definition) is 3. The van der Waals surface area contributed by atoms with Crippen molar-refractivity contribution in [1.29, 1.82) is 0 Å². The van der Waals surface area contributed by atoms with Crippen LogP contribution in [0.2, 0.25) is 0 Å². The normalized spacial score (nSPS) is 16.9. The van der Waals surface area contributed by atoms with Crippen LogP contribution in [0.1, 0.15) is 38.8 Å². The lowest BCUT2D eigenvalue weighted by molar-refractivity contribution is 0.0171. The van der Waals surface area contributed by atoms with Gasteiger partial charge in [0.2, 0.25) is 0 Å². The Labute approximate surface area is 187 Å². The van der Waals surface area contributed by atoms with Gasteiger partial charge in [-0.05, 0) is 19.1 Å². The fourth-order valence-electron chi connectivity index (χ4n) is 4.12.